The average Bonchev–Trinajstić information content (AvgIpc) is 2.21. The van der Waals surface area contributed by atoms with Gasteiger partial charge in [-0.2, -0.15) is 0 Å². The molecule has 0 saturated carbocycles. The zero-order valence-corrected chi connectivity index (χ0v) is 12.5. The van der Waals surface area contributed by atoms with Crippen molar-refractivity contribution in [3.63, 3.8) is 0 Å². The lowest BCUT2D eigenvalue weighted by atomic mass is 9.97. The Balaban J connectivity index is 2.65. The quantitative estimate of drug-likeness (QED) is 0.862. The molecule has 0 bridgehead atoms. The lowest BCUT2D eigenvalue weighted by Crippen LogP contribution is -2.28. The third-order valence-electron chi connectivity index (χ3n) is 3.01. The number of hydrogen-bond acceptors (Lipinski definition) is 2. The Hall–Kier alpha value is -0.870. The fourth-order valence-electron chi connectivity index (χ4n) is 2.28. The molecule has 0 radical (unpaired) electrons. The van der Waals surface area contributed by atoms with Crippen molar-refractivity contribution in [1.82, 2.24) is 4.72 Å². The molecule has 0 saturated heterocycles. The van der Waals surface area contributed by atoms with Crippen LogP contribution in [-0.2, 0) is 16.4 Å². The number of rotatable bonds is 6. The summed E-state index contributed by atoms with van der Waals surface area (Å²) in [4.78, 5) is 0. The van der Waals surface area contributed by atoms with E-state index in [1.54, 1.807) is 0 Å². The zero-order chi connectivity index (χ0) is 13.8. The number of nitrogens with one attached hydrogen (secondary N) is 1. The summed E-state index contributed by atoms with van der Waals surface area (Å²) >= 11 is 0. The molecule has 1 N–H and O–H groups in total. The minimum absolute atomic E-state index is 0.207. The second-order valence-corrected chi connectivity index (χ2v) is 6.77. The SMILES string of the molecule is CCCS(=O)(=O)NCCc1c(C)cc(C)cc1C. The molecule has 0 aliphatic rings. The zero-order valence-electron chi connectivity index (χ0n) is 11.7. The molecule has 4 heteroatoms. The van der Waals surface area contributed by atoms with Gasteiger partial charge in [0.25, 0.3) is 0 Å². The Labute approximate surface area is 111 Å². The Bertz CT molecular complexity index is 484. The normalized spacial score (nSPS) is 11.8. The molecule has 0 atom stereocenters. The maximum atomic E-state index is 11.5. The van der Waals surface area contributed by atoms with Crippen LogP contribution in [0.4, 0.5) is 0 Å². The van der Waals surface area contributed by atoms with Crippen LogP contribution in [0.5, 0.6) is 0 Å². The first-order valence-corrected chi connectivity index (χ1v) is 8.05. The molecule has 1 aromatic carbocycles. The first-order valence-electron chi connectivity index (χ1n) is 6.40. The second kappa shape index (κ2) is 6.34. The summed E-state index contributed by atoms with van der Waals surface area (Å²) in [6.45, 7) is 8.58. The third kappa shape index (κ3) is 4.42. The lowest BCUT2D eigenvalue weighted by Gasteiger charge is -2.12. The van der Waals surface area contributed by atoms with Crippen LogP contribution >= 0.6 is 0 Å². The molecule has 18 heavy (non-hydrogen) atoms. The highest BCUT2D eigenvalue weighted by Crippen LogP contribution is 2.16. The van der Waals surface area contributed by atoms with E-state index in [0.29, 0.717) is 13.0 Å². The molecule has 1 rings (SSSR count). The van der Waals surface area contributed by atoms with E-state index in [4.69, 9.17) is 0 Å². The van der Waals surface area contributed by atoms with Crippen LogP contribution in [0.2, 0.25) is 0 Å². The number of benzene rings is 1. The van der Waals surface area contributed by atoms with Gasteiger partial charge in [-0.1, -0.05) is 24.6 Å². The van der Waals surface area contributed by atoms with Crippen molar-refractivity contribution in [3.05, 3.63) is 34.4 Å². The predicted molar refractivity (Wildman–Crippen MR) is 76.4 cm³/mol. The van der Waals surface area contributed by atoms with E-state index in [1.807, 2.05) is 6.92 Å². The van der Waals surface area contributed by atoms with E-state index in [1.165, 1.54) is 22.3 Å². The topological polar surface area (TPSA) is 46.2 Å². The van der Waals surface area contributed by atoms with E-state index in [2.05, 4.69) is 37.6 Å². The van der Waals surface area contributed by atoms with Crippen molar-refractivity contribution in [3.8, 4) is 0 Å². The molecule has 3 nitrogen and oxygen atoms in total. The van der Waals surface area contributed by atoms with Crippen molar-refractivity contribution in [2.45, 2.75) is 40.5 Å². The fraction of sp³-hybridized carbons (Fsp3) is 0.571. The number of sulfonamides is 1. The van der Waals surface area contributed by atoms with Crippen LogP contribution in [0.25, 0.3) is 0 Å². The van der Waals surface area contributed by atoms with Crippen LogP contribution < -0.4 is 4.72 Å². The van der Waals surface area contributed by atoms with Gasteiger partial charge >= 0.3 is 0 Å². The van der Waals surface area contributed by atoms with Crippen molar-refractivity contribution in [2.24, 2.45) is 0 Å². The summed E-state index contributed by atoms with van der Waals surface area (Å²) in [5.41, 5.74) is 4.98. The van der Waals surface area contributed by atoms with E-state index in [0.717, 1.165) is 6.42 Å². The van der Waals surface area contributed by atoms with Gasteiger partial charge in [-0.15, -0.1) is 0 Å². The highest BCUT2D eigenvalue weighted by molar-refractivity contribution is 7.89. The van der Waals surface area contributed by atoms with E-state index in [-0.39, 0.29) is 5.75 Å². The molecule has 0 heterocycles. The first kappa shape index (κ1) is 15.2. The van der Waals surface area contributed by atoms with Crippen LogP contribution in [-0.4, -0.2) is 20.7 Å². The minimum Gasteiger partial charge on any atom is -0.215 e. The van der Waals surface area contributed by atoms with Gasteiger partial charge in [0.15, 0.2) is 0 Å². The molecule has 0 aliphatic carbocycles. The number of hydrogen-bond donors (Lipinski definition) is 1. The summed E-state index contributed by atoms with van der Waals surface area (Å²) in [6, 6.07) is 4.28. The molecule has 1 aromatic rings. The Morgan fingerprint density at radius 2 is 1.67 bits per heavy atom. The lowest BCUT2D eigenvalue weighted by molar-refractivity contribution is 0.580. The molecule has 0 spiro atoms. The van der Waals surface area contributed by atoms with Crippen molar-refractivity contribution < 1.29 is 8.42 Å². The summed E-state index contributed by atoms with van der Waals surface area (Å²) < 4.78 is 25.7. The fourth-order valence-corrected chi connectivity index (χ4v) is 3.37. The van der Waals surface area contributed by atoms with Gasteiger partial charge in [0.1, 0.15) is 0 Å². The van der Waals surface area contributed by atoms with E-state index < -0.39 is 10.0 Å². The molecular formula is C14H23NO2S. The maximum Gasteiger partial charge on any atom is 0.211 e. The predicted octanol–water partition coefficient (Wildman–Crippen LogP) is 2.48. The standard InChI is InChI=1S/C14H23NO2S/c1-5-8-18(16,17)15-7-6-14-12(3)9-11(2)10-13(14)4/h9-10,15H,5-8H2,1-4H3. The Kier molecular flexibility index (Phi) is 5.35. The largest absolute Gasteiger partial charge is 0.215 e. The van der Waals surface area contributed by atoms with E-state index >= 15 is 0 Å². The van der Waals surface area contributed by atoms with Gasteiger partial charge in [0.2, 0.25) is 10.0 Å². The Morgan fingerprint density at radius 3 is 2.17 bits per heavy atom. The van der Waals surface area contributed by atoms with Gasteiger partial charge < -0.3 is 0 Å². The summed E-state index contributed by atoms with van der Waals surface area (Å²) in [6.07, 6.45) is 1.40. The second-order valence-electron chi connectivity index (χ2n) is 4.84. The monoisotopic (exact) mass is 269 g/mol. The van der Waals surface area contributed by atoms with Crippen molar-refractivity contribution in [1.29, 1.82) is 0 Å². The first-order chi connectivity index (χ1) is 8.35. The van der Waals surface area contributed by atoms with E-state index in [9.17, 15) is 8.42 Å². The molecule has 0 amide bonds. The van der Waals surface area contributed by atoms with Gasteiger partial charge in [-0.25, -0.2) is 13.1 Å². The van der Waals surface area contributed by atoms with Gasteiger partial charge in [-0.05, 0) is 50.3 Å². The summed E-state index contributed by atoms with van der Waals surface area (Å²) in [5.74, 6) is 0.207. The van der Waals surface area contributed by atoms with Crippen molar-refractivity contribution in [2.75, 3.05) is 12.3 Å². The molecule has 0 aromatic heterocycles. The van der Waals surface area contributed by atoms with Crippen LogP contribution in [0, 0.1) is 20.8 Å². The van der Waals surface area contributed by atoms with Crippen LogP contribution in [0.1, 0.15) is 35.6 Å². The molecule has 0 fully saturated rings. The van der Waals surface area contributed by atoms with Gasteiger partial charge in [0, 0.05) is 6.54 Å². The maximum absolute atomic E-state index is 11.5. The third-order valence-corrected chi connectivity index (χ3v) is 4.60. The van der Waals surface area contributed by atoms with Gasteiger partial charge in [0.05, 0.1) is 5.75 Å². The summed E-state index contributed by atoms with van der Waals surface area (Å²) in [5, 5.41) is 0. The minimum atomic E-state index is -3.09. The Morgan fingerprint density at radius 1 is 1.11 bits per heavy atom. The molecular weight excluding hydrogens is 246 g/mol. The summed E-state index contributed by atoms with van der Waals surface area (Å²) in [7, 11) is -3.09. The van der Waals surface area contributed by atoms with Crippen LogP contribution in [0.3, 0.4) is 0 Å². The highest BCUT2D eigenvalue weighted by atomic mass is 32.2. The number of aryl methyl sites for hydroxylation is 3. The van der Waals surface area contributed by atoms with Crippen LogP contribution in [0.15, 0.2) is 12.1 Å². The smallest absolute Gasteiger partial charge is 0.211 e. The molecule has 102 valence electrons. The van der Waals surface area contributed by atoms with Gasteiger partial charge in [-0.3, -0.25) is 0 Å². The molecule has 0 unspecified atom stereocenters. The molecule has 0 aliphatic heterocycles. The highest BCUT2D eigenvalue weighted by Gasteiger charge is 2.09. The average molecular weight is 269 g/mol. The van der Waals surface area contributed by atoms with Crippen molar-refractivity contribution >= 4 is 10.0 Å².